The summed E-state index contributed by atoms with van der Waals surface area (Å²) in [5.41, 5.74) is 0.988. The Morgan fingerprint density at radius 3 is 2.53 bits per heavy atom. The van der Waals surface area contributed by atoms with E-state index in [0.717, 1.165) is 0 Å². The van der Waals surface area contributed by atoms with E-state index < -0.39 is 11.9 Å². The lowest BCUT2D eigenvalue weighted by molar-refractivity contribution is 0.219. The summed E-state index contributed by atoms with van der Waals surface area (Å²) < 4.78 is 18.2. The first-order valence-corrected chi connectivity index (χ1v) is 6.25. The van der Waals surface area contributed by atoms with Crippen LogP contribution in [-0.4, -0.2) is 12.2 Å². The summed E-state index contributed by atoms with van der Waals surface area (Å²) >= 11 is 11.8. The van der Waals surface area contributed by atoms with Crippen LogP contribution in [0.3, 0.4) is 0 Å². The zero-order valence-electron chi connectivity index (χ0n) is 10.0. The molecule has 1 N–H and O–H groups in total. The van der Waals surface area contributed by atoms with E-state index in [4.69, 9.17) is 27.9 Å². The largest absolute Gasteiger partial charge is 0.494 e. The second-order valence-electron chi connectivity index (χ2n) is 3.96. The van der Waals surface area contributed by atoms with E-state index in [-0.39, 0.29) is 5.75 Å². The molecule has 0 saturated heterocycles. The second kappa shape index (κ2) is 5.78. The Labute approximate surface area is 120 Å². The number of hydrogen-bond acceptors (Lipinski definition) is 2. The van der Waals surface area contributed by atoms with Crippen molar-refractivity contribution >= 4 is 23.2 Å². The van der Waals surface area contributed by atoms with Crippen LogP contribution >= 0.6 is 23.2 Å². The molecule has 0 heterocycles. The van der Waals surface area contributed by atoms with Gasteiger partial charge in [-0.05, 0) is 29.8 Å². The van der Waals surface area contributed by atoms with E-state index in [1.807, 2.05) is 0 Å². The van der Waals surface area contributed by atoms with Crippen LogP contribution in [0.5, 0.6) is 5.75 Å². The quantitative estimate of drug-likeness (QED) is 0.919. The van der Waals surface area contributed by atoms with Gasteiger partial charge >= 0.3 is 0 Å². The highest BCUT2D eigenvalue weighted by atomic mass is 35.5. The minimum absolute atomic E-state index is 0.0710. The summed E-state index contributed by atoms with van der Waals surface area (Å²) in [7, 11) is 1.36. The number of benzene rings is 2. The predicted octanol–water partition coefficient (Wildman–Crippen LogP) is 4.22. The normalized spacial score (nSPS) is 12.3. The van der Waals surface area contributed by atoms with Crippen molar-refractivity contribution in [1.82, 2.24) is 0 Å². The maximum absolute atomic E-state index is 13.3. The predicted molar refractivity (Wildman–Crippen MR) is 73.5 cm³/mol. The van der Waals surface area contributed by atoms with Gasteiger partial charge in [-0.1, -0.05) is 35.3 Å². The molecule has 0 saturated carbocycles. The van der Waals surface area contributed by atoms with Crippen molar-refractivity contribution < 1.29 is 14.2 Å². The molecule has 0 spiro atoms. The minimum Gasteiger partial charge on any atom is -0.494 e. The molecule has 1 atom stereocenters. The number of halogens is 3. The molecular weight excluding hydrogens is 290 g/mol. The van der Waals surface area contributed by atoms with Crippen LogP contribution in [0.25, 0.3) is 0 Å². The van der Waals surface area contributed by atoms with Gasteiger partial charge < -0.3 is 9.84 Å². The lowest BCUT2D eigenvalue weighted by Gasteiger charge is -2.14. The number of rotatable bonds is 3. The summed E-state index contributed by atoms with van der Waals surface area (Å²) in [5, 5.41) is 11.1. The molecule has 2 nitrogen and oxygen atoms in total. The first-order valence-electron chi connectivity index (χ1n) is 5.49. The van der Waals surface area contributed by atoms with Crippen LogP contribution in [0.2, 0.25) is 10.0 Å². The number of hydrogen-bond donors (Lipinski definition) is 1. The van der Waals surface area contributed by atoms with Crippen molar-refractivity contribution in [3.05, 3.63) is 63.4 Å². The molecule has 2 aromatic carbocycles. The summed E-state index contributed by atoms with van der Waals surface area (Å²) in [6.45, 7) is 0. The van der Waals surface area contributed by atoms with Gasteiger partial charge in [-0.2, -0.15) is 0 Å². The third kappa shape index (κ3) is 3.00. The van der Waals surface area contributed by atoms with Crippen molar-refractivity contribution in [2.45, 2.75) is 6.10 Å². The van der Waals surface area contributed by atoms with Crippen LogP contribution in [0.4, 0.5) is 4.39 Å². The monoisotopic (exact) mass is 300 g/mol. The third-order valence-corrected chi connectivity index (χ3v) is 3.31. The van der Waals surface area contributed by atoms with Crippen molar-refractivity contribution in [1.29, 1.82) is 0 Å². The van der Waals surface area contributed by atoms with Gasteiger partial charge in [0, 0.05) is 15.6 Å². The number of aliphatic hydroxyl groups is 1. The Balaban J connectivity index is 2.40. The standard InChI is InChI=1S/C14H11Cl2FO2/c1-19-13-6-8(2-5-12(13)17)14(18)10-4-3-9(15)7-11(10)16/h2-7,14,18H,1H3. The lowest BCUT2D eigenvalue weighted by atomic mass is 10.0. The number of methoxy groups -OCH3 is 1. The van der Waals surface area contributed by atoms with E-state index in [0.29, 0.717) is 21.2 Å². The maximum atomic E-state index is 13.3. The summed E-state index contributed by atoms with van der Waals surface area (Å²) in [6, 6.07) is 8.96. The highest BCUT2D eigenvalue weighted by molar-refractivity contribution is 6.35. The minimum atomic E-state index is -0.973. The lowest BCUT2D eigenvalue weighted by Crippen LogP contribution is -2.01. The van der Waals surface area contributed by atoms with Gasteiger partial charge in [0.1, 0.15) is 6.10 Å². The average molecular weight is 301 g/mol. The van der Waals surface area contributed by atoms with Crippen LogP contribution < -0.4 is 4.74 Å². The molecule has 0 radical (unpaired) electrons. The molecule has 100 valence electrons. The smallest absolute Gasteiger partial charge is 0.165 e. The van der Waals surface area contributed by atoms with E-state index >= 15 is 0 Å². The summed E-state index contributed by atoms with van der Waals surface area (Å²) in [5.74, 6) is -0.415. The van der Waals surface area contributed by atoms with E-state index in [1.165, 1.54) is 25.3 Å². The van der Waals surface area contributed by atoms with Crippen molar-refractivity contribution in [3.63, 3.8) is 0 Å². The van der Waals surface area contributed by atoms with Gasteiger partial charge in [0.15, 0.2) is 11.6 Å². The topological polar surface area (TPSA) is 29.5 Å². The third-order valence-electron chi connectivity index (χ3n) is 2.75. The molecule has 2 rings (SSSR count). The van der Waals surface area contributed by atoms with Gasteiger partial charge in [-0.3, -0.25) is 0 Å². The fraction of sp³-hybridized carbons (Fsp3) is 0.143. The zero-order chi connectivity index (χ0) is 14.0. The molecule has 0 amide bonds. The molecule has 0 aliphatic rings. The maximum Gasteiger partial charge on any atom is 0.165 e. The van der Waals surface area contributed by atoms with Crippen LogP contribution in [0.1, 0.15) is 17.2 Å². The van der Waals surface area contributed by atoms with Crippen LogP contribution in [0.15, 0.2) is 36.4 Å². The molecule has 2 aromatic rings. The molecule has 0 aliphatic carbocycles. The second-order valence-corrected chi connectivity index (χ2v) is 4.81. The van der Waals surface area contributed by atoms with Gasteiger partial charge in [-0.15, -0.1) is 0 Å². The fourth-order valence-corrected chi connectivity index (χ4v) is 2.26. The molecule has 0 aromatic heterocycles. The molecule has 0 fully saturated rings. The van der Waals surface area contributed by atoms with E-state index in [9.17, 15) is 9.50 Å². The Morgan fingerprint density at radius 1 is 1.16 bits per heavy atom. The van der Waals surface area contributed by atoms with E-state index in [2.05, 4.69) is 0 Å². The number of ether oxygens (including phenoxy) is 1. The van der Waals surface area contributed by atoms with Crippen molar-refractivity contribution in [2.75, 3.05) is 7.11 Å². The summed E-state index contributed by atoms with van der Waals surface area (Å²) in [6.07, 6.45) is -0.973. The van der Waals surface area contributed by atoms with E-state index in [1.54, 1.807) is 18.2 Å². The highest BCUT2D eigenvalue weighted by Crippen LogP contribution is 2.32. The first kappa shape index (κ1) is 14.1. The Bertz CT molecular complexity index is 602. The molecule has 1 unspecified atom stereocenters. The zero-order valence-corrected chi connectivity index (χ0v) is 11.5. The fourth-order valence-electron chi connectivity index (χ4n) is 1.75. The first-order chi connectivity index (χ1) is 9.02. The number of aliphatic hydroxyl groups excluding tert-OH is 1. The van der Waals surface area contributed by atoms with Gasteiger partial charge in [0.05, 0.1) is 7.11 Å². The SMILES string of the molecule is COc1cc(C(O)c2ccc(Cl)cc2Cl)ccc1F. The van der Waals surface area contributed by atoms with Gasteiger partial charge in [-0.25, -0.2) is 4.39 Å². The Hall–Kier alpha value is -1.29. The summed E-state index contributed by atoms with van der Waals surface area (Å²) in [4.78, 5) is 0. The van der Waals surface area contributed by atoms with Crippen molar-refractivity contribution in [2.24, 2.45) is 0 Å². The average Bonchev–Trinajstić information content (AvgIpc) is 2.38. The van der Waals surface area contributed by atoms with Crippen LogP contribution in [-0.2, 0) is 0 Å². The molecule has 19 heavy (non-hydrogen) atoms. The Morgan fingerprint density at radius 2 is 1.89 bits per heavy atom. The van der Waals surface area contributed by atoms with Gasteiger partial charge in [0.25, 0.3) is 0 Å². The molecule has 0 aliphatic heterocycles. The van der Waals surface area contributed by atoms with Crippen LogP contribution in [0, 0.1) is 5.82 Å². The highest BCUT2D eigenvalue weighted by Gasteiger charge is 2.16. The van der Waals surface area contributed by atoms with Gasteiger partial charge in [0.2, 0.25) is 0 Å². The molecule has 0 bridgehead atoms. The molecular formula is C14H11Cl2FO2. The Kier molecular flexibility index (Phi) is 4.30. The van der Waals surface area contributed by atoms with Crippen molar-refractivity contribution in [3.8, 4) is 5.75 Å². The molecule has 5 heteroatoms.